The quantitative estimate of drug-likeness (QED) is 0.212. The molecule has 1 unspecified atom stereocenters. The SMILES string of the molecule is C1=C(c2ccccc2)NC(c2ccccc2)N=C1c1ccc(-c2c3ccccc3c(-c3ccccn3)c3ccccc23)cc1. The summed E-state index contributed by atoms with van der Waals surface area (Å²) in [7, 11) is 0. The van der Waals surface area contributed by atoms with E-state index < -0.39 is 0 Å². The Morgan fingerprint density at radius 3 is 1.61 bits per heavy atom. The second kappa shape index (κ2) is 11.1. The summed E-state index contributed by atoms with van der Waals surface area (Å²) in [5.41, 5.74) is 9.96. The number of benzene rings is 6. The van der Waals surface area contributed by atoms with Crippen molar-refractivity contribution < 1.29 is 0 Å². The lowest BCUT2D eigenvalue weighted by Crippen LogP contribution is -2.24. The first-order valence-electron chi connectivity index (χ1n) is 15.0. The number of nitrogens with zero attached hydrogens (tertiary/aromatic N) is 2. The molecular weight excluding hydrogens is 534 g/mol. The van der Waals surface area contributed by atoms with Crippen LogP contribution in [0.5, 0.6) is 0 Å². The second-order valence-corrected chi connectivity index (χ2v) is 11.0. The Morgan fingerprint density at radius 2 is 1.00 bits per heavy atom. The van der Waals surface area contributed by atoms with E-state index in [1.165, 1.54) is 38.2 Å². The standard InChI is InChI=1S/C41H29N3/c1-3-13-28(14-4-1)37-27-38(44-41(43-37)31-15-5-2-6-16-31)29-22-24-30(25-23-29)39-32-17-7-9-19-34(32)40(36-21-11-12-26-42-36)35-20-10-8-18-33(35)39/h1-27,41,43H. The molecule has 0 radical (unpaired) electrons. The van der Waals surface area contributed by atoms with Crippen LogP contribution in [0.4, 0.5) is 0 Å². The van der Waals surface area contributed by atoms with Gasteiger partial charge in [-0.1, -0.05) is 140 Å². The molecule has 7 aromatic rings. The normalized spacial score (nSPS) is 14.6. The number of rotatable bonds is 5. The number of allylic oxidation sites excluding steroid dienone is 1. The molecule has 0 amide bonds. The first-order chi connectivity index (χ1) is 21.8. The van der Waals surface area contributed by atoms with Crippen molar-refractivity contribution >= 4 is 33.0 Å². The van der Waals surface area contributed by atoms with Crippen molar-refractivity contribution in [2.24, 2.45) is 4.99 Å². The topological polar surface area (TPSA) is 37.3 Å². The molecule has 6 aromatic carbocycles. The lowest BCUT2D eigenvalue weighted by atomic mass is 9.87. The third-order valence-electron chi connectivity index (χ3n) is 8.36. The maximum Gasteiger partial charge on any atom is 0.145 e. The third kappa shape index (κ3) is 4.65. The van der Waals surface area contributed by atoms with Gasteiger partial charge in [0.25, 0.3) is 0 Å². The molecule has 8 rings (SSSR count). The fraction of sp³-hybridized carbons (Fsp3) is 0.0244. The number of aromatic nitrogens is 1. The summed E-state index contributed by atoms with van der Waals surface area (Å²) in [6.07, 6.45) is 3.86. The summed E-state index contributed by atoms with van der Waals surface area (Å²) in [6.45, 7) is 0. The van der Waals surface area contributed by atoms with E-state index in [0.717, 1.165) is 33.8 Å². The summed E-state index contributed by atoms with van der Waals surface area (Å²) >= 11 is 0. The summed E-state index contributed by atoms with van der Waals surface area (Å²) in [6, 6.07) is 53.3. The molecule has 0 fully saturated rings. The molecule has 0 bridgehead atoms. The van der Waals surface area contributed by atoms with Crippen molar-refractivity contribution in [1.29, 1.82) is 0 Å². The van der Waals surface area contributed by atoms with Crippen LogP contribution in [0.2, 0.25) is 0 Å². The van der Waals surface area contributed by atoms with Gasteiger partial charge < -0.3 is 5.32 Å². The molecule has 0 spiro atoms. The summed E-state index contributed by atoms with van der Waals surface area (Å²) in [5.74, 6) is 0. The van der Waals surface area contributed by atoms with Crippen LogP contribution in [0, 0.1) is 0 Å². The predicted octanol–water partition coefficient (Wildman–Crippen LogP) is 9.85. The molecule has 1 aliphatic heterocycles. The summed E-state index contributed by atoms with van der Waals surface area (Å²) in [4.78, 5) is 9.91. The molecule has 1 N–H and O–H groups in total. The van der Waals surface area contributed by atoms with Crippen molar-refractivity contribution in [2.45, 2.75) is 6.17 Å². The number of nitrogens with one attached hydrogen (secondary N) is 1. The lowest BCUT2D eigenvalue weighted by Gasteiger charge is -2.25. The van der Waals surface area contributed by atoms with Gasteiger partial charge in [-0.05, 0) is 67.6 Å². The van der Waals surface area contributed by atoms with E-state index in [1.54, 1.807) is 0 Å². The van der Waals surface area contributed by atoms with Crippen molar-refractivity contribution in [3.05, 3.63) is 181 Å². The molecule has 1 aliphatic rings. The zero-order valence-corrected chi connectivity index (χ0v) is 24.1. The molecule has 3 heteroatoms. The van der Waals surface area contributed by atoms with Gasteiger partial charge in [0.1, 0.15) is 6.17 Å². The molecule has 1 aromatic heterocycles. The summed E-state index contributed by atoms with van der Waals surface area (Å²) in [5, 5.41) is 8.49. The first kappa shape index (κ1) is 25.9. The van der Waals surface area contributed by atoms with Crippen molar-refractivity contribution in [1.82, 2.24) is 10.3 Å². The highest BCUT2D eigenvalue weighted by Gasteiger charge is 2.20. The first-order valence-corrected chi connectivity index (χ1v) is 15.0. The third-order valence-corrected chi connectivity index (χ3v) is 8.36. The highest BCUT2D eigenvalue weighted by Crippen LogP contribution is 2.43. The molecule has 1 atom stereocenters. The van der Waals surface area contributed by atoms with Crippen LogP contribution < -0.4 is 5.32 Å². The van der Waals surface area contributed by atoms with E-state index in [0.29, 0.717) is 0 Å². The minimum absolute atomic E-state index is 0.168. The average Bonchev–Trinajstić information content (AvgIpc) is 3.11. The lowest BCUT2D eigenvalue weighted by molar-refractivity contribution is 0.664. The van der Waals surface area contributed by atoms with E-state index in [4.69, 9.17) is 9.98 Å². The highest BCUT2D eigenvalue weighted by molar-refractivity contribution is 6.21. The number of hydrogen-bond donors (Lipinski definition) is 1. The maximum absolute atomic E-state index is 5.17. The minimum Gasteiger partial charge on any atom is -0.360 e. The Kier molecular flexibility index (Phi) is 6.54. The van der Waals surface area contributed by atoms with Gasteiger partial charge in [-0.15, -0.1) is 0 Å². The zero-order valence-electron chi connectivity index (χ0n) is 24.1. The number of fused-ring (bicyclic) bond motifs is 2. The van der Waals surface area contributed by atoms with Crippen LogP contribution in [0.3, 0.4) is 0 Å². The molecule has 0 saturated heterocycles. The van der Waals surface area contributed by atoms with Crippen LogP contribution in [-0.2, 0) is 0 Å². The van der Waals surface area contributed by atoms with E-state index in [2.05, 4.69) is 145 Å². The molecule has 0 saturated carbocycles. The van der Waals surface area contributed by atoms with Gasteiger partial charge in [0.15, 0.2) is 0 Å². The van der Waals surface area contributed by atoms with Gasteiger partial charge in [0.05, 0.1) is 11.4 Å². The Morgan fingerprint density at radius 1 is 0.455 bits per heavy atom. The smallest absolute Gasteiger partial charge is 0.145 e. The molecular formula is C41H29N3. The zero-order chi connectivity index (χ0) is 29.3. The molecule has 44 heavy (non-hydrogen) atoms. The second-order valence-electron chi connectivity index (χ2n) is 11.0. The molecule has 3 nitrogen and oxygen atoms in total. The summed E-state index contributed by atoms with van der Waals surface area (Å²) < 4.78 is 0. The average molecular weight is 564 g/mol. The van der Waals surface area contributed by atoms with Gasteiger partial charge in [0, 0.05) is 17.5 Å². The van der Waals surface area contributed by atoms with Gasteiger partial charge in [-0.3, -0.25) is 9.98 Å². The van der Waals surface area contributed by atoms with Crippen LogP contribution in [-0.4, -0.2) is 10.7 Å². The van der Waals surface area contributed by atoms with Crippen molar-refractivity contribution in [2.75, 3.05) is 0 Å². The number of hydrogen-bond acceptors (Lipinski definition) is 3. The van der Waals surface area contributed by atoms with Crippen LogP contribution >= 0.6 is 0 Å². The highest BCUT2D eigenvalue weighted by atomic mass is 15.1. The van der Waals surface area contributed by atoms with Gasteiger partial charge in [0.2, 0.25) is 0 Å². The molecule has 208 valence electrons. The Hall–Kier alpha value is -5.80. The fourth-order valence-corrected chi connectivity index (χ4v) is 6.30. The molecule has 0 aliphatic carbocycles. The Balaban J connectivity index is 1.27. The predicted molar refractivity (Wildman–Crippen MR) is 183 cm³/mol. The van der Waals surface area contributed by atoms with E-state index >= 15 is 0 Å². The maximum atomic E-state index is 5.17. The minimum atomic E-state index is -0.168. The van der Waals surface area contributed by atoms with E-state index in [-0.39, 0.29) is 6.17 Å². The van der Waals surface area contributed by atoms with Crippen LogP contribution in [0.15, 0.2) is 169 Å². The van der Waals surface area contributed by atoms with Crippen LogP contribution in [0.1, 0.15) is 22.9 Å². The monoisotopic (exact) mass is 563 g/mol. The van der Waals surface area contributed by atoms with E-state index in [1.807, 2.05) is 24.4 Å². The number of pyridine rings is 1. The largest absolute Gasteiger partial charge is 0.360 e. The number of aliphatic imine (C=N–C) groups is 1. The fourth-order valence-electron chi connectivity index (χ4n) is 6.30. The Bertz CT molecular complexity index is 2110. The van der Waals surface area contributed by atoms with Crippen LogP contribution in [0.25, 0.3) is 49.6 Å². The van der Waals surface area contributed by atoms with E-state index in [9.17, 15) is 0 Å². The Labute approximate surface area is 256 Å². The van der Waals surface area contributed by atoms with Crippen molar-refractivity contribution in [3.63, 3.8) is 0 Å². The van der Waals surface area contributed by atoms with Gasteiger partial charge >= 0.3 is 0 Å². The van der Waals surface area contributed by atoms with Gasteiger partial charge in [-0.25, -0.2) is 0 Å². The van der Waals surface area contributed by atoms with Crippen molar-refractivity contribution in [3.8, 4) is 22.4 Å². The molecule has 2 heterocycles. The van der Waals surface area contributed by atoms with Gasteiger partial charge in [-0.2, -0.15) is 0 Å².